The number of hydrogen-bond acceptors (Lipinski definition) is 5. The predicted octanol–water partition coefficient (Wildman–Crippen LogP) is 4.27. The van der Waals surface area contributed by atoms with E-state index in [4.69, 9.17) is 4.74 Å². The quantitative estimate of drug-likeness (QED) is 0.356. The highest BCUT2D eigenvalue weighted by Gasteiger charge is 2.30. The zero-order valence-electron chi connectivity index (χ0n) is 20.3. The summed E-state index contributed by atoms with van der Waals surface area (Å²) in [6.45, 7) is 2.98. The number of urea groups is 1. The number of para-hydroxylation sites is 1. The highest BCUT2D eigenvalue weighted by atomic mass is 16.5. The first kappa shape index (κ1) is 24.0. The van der Waals surface area contributed by atoms with Crippen molar-refractivity contribution in [1.82, 2.24) is 20.5 Å². The number of rotatable bonds is 8. The van der Waals surface area contributed by atoms with Crippen LogP contribution in [0.4, 0.5) is 4.79 Å². The normalized spacial score (nSPS) is 13.2. The summed E-state index contributed by atoms with van der Waals surface area (Å²) < 4.78 is 6.10. The molecule has 4 aromatic rings. The molecular formula is C29H26N4O4. The second kappa shape index (κ2) is 10.5. The van der Waals surface area contributed by atoms with Crippen molar-refractivity contribution in [2.24, 2.45) is 0 Å². The SMILES string of the molecule is Cc1cc(COc2ccc3c(c2)C(=O)N(C[C@H](NC(=O)NC=O)c2ccccc2)C3)c2ccccc2n1. The molecule has 0 saturated heterocycles. The van der Waals surface area contributed by atoms with E-state index in [1.165, 1.54) is 0 Å². The number of hydrogen-bond donors (Lipinski definition) is 2. The Morgan fingerprint density at radius 1 is 1.08 bits per heavy atom. The smallest absolute Gasteiger partial charge is 0.321 e. The third-order valence-corrected chi connectivity index (χ3v) is 6.38. The second-order valence-electron chi connectivity index (χ2n) is 8.93. The molecule has 1 aliphatic heterocycles. The molecule has 5 rings (SSSR count). The number of nitrogens with zero attached hydrogens (tertiary/aromatic N) is 2. The van der Waals surface area contributed by atoms with Crippen molar-refractivity contribution in [2.75, 3.05) is 6.54 Å². The number of ether oxygens (including phenoxy) is 1. The second-order valence-corrected chi connectivity index (χ2v) is 8.93. The van der Waals surface area contributed by atoms with Gasteiger partial charge in [-0.2, -0.15) is 0 Å². The van der Waals surface area contributed by atoms with Crippen LogP contribution < -0.4 is 15.4 Å². The van der Waals surface area contributed by atoms with Crippen LogP contribution in [0.1, 0.15) is 38.8 Å². The lowest BCUT2D eigenvalue weighted by molar-refractivity contribution is -0.108. The topological polar surface area (TPSA) is 101 Å². The largest absolute Gasteiger partial charge is 0.489 e. The molecule has 1 atom stereocenters. The number of nitrogens with one attached hydrogen (secondary N) is 2. The van der Waals surface area contributed by atoms with Crippen LogP contribution in [0.5, 0.6) is 5.75 Å². The van der Waals surface area contributed by atoms with Crippen LogP contribution >= 0.6 is 0 Å². The lowest BCUT2D eigenvalue weighted by Gasteiger charge is -2.25. The van der Waals surface area contributed by atoms with Crippen molar-refractivity contribution < 1.29 is 19.1 Å². The Balaban J connectivity index is 1.31. The molecule has 0 aliphatic carbocycles. The number of imide groups is 1. The molecule has 8 heteroatoms. The fourth-order valence-electron chi connectivity index (χ4n) is 4.65. The summed E-state index contributed by atoms with van der Waals surface area (Å²) in [6, 6.07) is 23.7. The van der Waals surface area contributed by atoms with Crippen LogP contribution in [0.3, 0.4) is 0 Å². The molecular weight excluding hydrogens is 468 g/mol. The number of benzene rings is 3. The molecule has 0 saturated carbocycles. The average molecular weight is 495 g/mol. The number of carbonyl (C=O) groups is 3. The number of aryl methyl sites for hydroxylation is 1. The number of fused-ring (bicyclic) bond motifs is 2. The molecule has 2 N–H and O–H groups in total. The van der Waals surface area contributed by atoms with Crippen molar-refractivity contribution in [1.29, 1.82) is 0 Å². The van der Waals surface area contributed by atoms with Crippen LogP contribution in [0, 0.1) is 6.92 Å². The Morgan fingerprint density at radius 3 is 2.68 bits per heavy atom. The van der Waals surface area contributed by atoms with Crippen molar-refractivity contribution >= 4 is 29.3 Å². The third-order valence-electron chi connectivity index (χ3n) is 6.38. The van der Waals surface area contributed by atoms with Crippen LogP contribution in [-0.4, -0.2) is 34.8 Å². The summed E-state index contributed by atoms with van der Waals surface area (Å²) in [6.07, 6.45) is 0.325. The molecule has 0 fully saturated rings. The van der Waals surface area contributed by atoms with E-state index in [9.17, 15) is 14.4 Å². The van der Waals surface area contributed by atoms with Gasteiger partial charge >= 0.3 is 6.03 Å². The molecule has 0 spiro atoms. The Labute approximate surface area is 214 Å². The Morgan fingerprint density at radius 2 is 1.86 bits per heavy atom. The molecule has 0 unspecified atom stereocenters. The summed E-state index contributed by atoms with van der Waals surface area (Å²) in [5.74, 6) is 0.472. The fourth-order valence-corrected chi connectivity index (χ4v) is 4.65. The van der Waals surface area contributed by atoms with Gasteiger partial charge in [-0.15, -0.1) is 0 Å². The van der Waals surface area contributed by atoms with E-state index in [1.807, 2.05) is 79.7 Å². The van der Waals surface area contributed by atoms with Gasteiger partial charge in [-0.3, -0.25) is 19.9 Å². The number of aromatic nitrogens is 1. The van der Waals surface area contributed by atoms with E-state index in [-0.39, 0.29) is 12.5 Å². The van der Waals surface area contributed by atoms with E-state index in [0.717, 1.165) is 33.3 Å². The summed E-state index contributed by atoms with van der Waals surface area (Å²) in [7, 11) is 0. The van der Waals surface area contributed by atoms with E-state index >= 15 is 0 Å². The van der Waals surface area contributed by atoms with Crippen LogP contribution in [0.15, 0.2) is 78.9 Å². The monoisotopic (exact) mass is 494 g/mol. The highest BCUT2D eigenvalue weighted by Crippen LogP contribution is 2.29. The molecule has 1 aliphatic rings. The number of amides is 4. The molecule has 186 valence electrons. The summed E-state index contributed by atoms with van der Waals surface area (Å²) in [5, 5.41) is 5.90. The predicted molar refractivity (Wildman–Crippen MR) is 139 cm³/mol. The van der Waals surface area contributed by atoms with Gasteiger partial charge in [0.2, 0.25) is 6.41 Å². The van der Waals surface area contributed by atoms with Gasteiger partial charge in [-0.25, -0.2) is 4.79 Å². The van der Waals surface area contributed by atoms with Gasteiger partial charge < -0.3 is 15.0 Å². The molecule has 37 heavy (non-hydrogen) atoms. The summed E-state index contributed by atoms with van der Waals surface area (Å²) in [5.41, 5.74) is 5.17. The van der Waals surface area contributed by atoms with Crippen molar-refractivity contribution in [3.63, 3.8) is 0 Å². The fraction of sp³-hybridized carbons (Fsp3) is 0.172. The molecule has 4 amide bonds. The van der Waals surface area contributed by atoms with E-state index in [0.29, 0.717) is 30.9 Å². The number of pyridine rings is 1. The summed E-state index contributed by atoms with van der Waals surface area (Å²) in [4.78, 5) is 42.3. The van der Waals surface area contributed by atoms with Crippen molar-refractivity contribution in [3.8, 4) is 5.75 Å². The van der Waals surface area contributed by atoms with E-state index in [1.54, 1.807) is 11.0 Å². The molecule has 1 aromatic heterocycles. The van der Waals surface area contributed by atoms with Crippen molar-refractivity contribution in [3.05, 3.63) is 107 Å². The minimum Gasteiger partial charge on any atom is -0.489 e. The average Bonchev–Trinajstić information content (AvgIpc) is 3.21. The zero-order chi connectivity index (χ0) is 25.8. The maximum Gasteiger partial charge on any atom is 0.321 e. The first-order valence-electron chi connectivity index (χ1n) is 12.0. The van der Waals surface area contributed by atoms with Crippen molar-refractivity contribution in [2.45, 2.75) is 26.1 Å². The lowest BCUT2D eigenvalue weighted by atomic mass is 10.1. The van der Waals surface area contributed by atoms with Crippen LogP contribution in [-0.2, 0) is 17.9 Å². The van der Waals surface area contributed by atoms with Crippen LogP contribution in [0.25, 0.3) is 10.9 Å². The maximum atomic E-state index is 13.3. The van der Waals surface area contributed by atoms with E-state index < -0.39 is 12.1 Å². The first-order chi connectivity index (χ1) is 18.0. The van der Waals surface area contributed by atoms with Crippen LogP contribution in [0.2, 0.25) is 0 Å². The number of carbonyl (C=O) groups excluding carboxylic acids is 3. The standard InChI is InChI=1S/C29H26N4O4/c1-19-13-22(24-9-5-6-10-26(24)31-19)17-37-23-12-11-21-15-33(28(35)25(21)14-23)16-27(32-29(36)30-18-34)20-7-3-2-4-8-20/h2-14,18,27H,15-17H2,1H3,(H2,30,32,34,36)/t27-/m0/s1. The van der Waals surface area contributed by atoms with Gasteiger partial charge in [0.25, 0.3) is 5.91 Å². The summed E-state index contributed by atoms with van der Waals surface area (Å²) >= 11 is 0. The zero-order valence-corrected chi connectivity index (χ0v) is 20.3. The van der Waals surface area contributed by atoms with Gasteiger partial charge in [0.15, 0.2) is 0 Å². The lowest BCUT2D eigenvalue weighted by Crippen LogP contribution is -2.42. The Hall–Kier alpha value is -4.72. The first-order valence-corrected chi connectivity index (χ1v) is 12.0. The van der Waals surface area contributed by atoms with Gasteiger partial charge in [0, 0.05) is 35.3 Å². The Bertz CT molecular complexity index is 1470. The maximum absolute atomic E-state index is 13.3. The van der Waals surface area contributed by atoms with E-state index in [2.05, 4.69) is 15.6 Å². The third kappa shape index (κ3) is 5.28. The molecule has 3 aromatic carbocycles. The molecule has 8 nitrogen and oxygen atoms in total. The molecule has 2 heterocycles. The van der Waals surface area contributed by atoms with Gasteiger partial charge in [-0.1, -0.05) is 54.6 Å². The van der Waals surface area contributed by atoms with Gasteiger partial charge in [-0.05, 0) is 42.3 Å². The molecule has 0 bridgehead atoms. The van der Waals surface area contributed by atoms with Gasteiger partial charge in [0.1, 0.15) is 12.4 Å². The minimum atomic E-state index is -0.623. The Kier molecular flexibility index (Phi) is 6.81. The highest BCUT2D eigenvalue weighted by molar-refractivity contribution is 5.98. The minimum absolute atomic E-state index is 0.135. The van der Waals surface area contributed by atoms with Gasteiger partial charge in [0.05, 0.1) is 11.6 Å². The molecule has 0 radical (unpaired) electrons.